The lowest BCUT2D eigenvalue weighted by Gasteiger charge is -2.03. The van der Waals surface area contributed by atoms with Crippen molar-refractivity contribution >= 4 is 5.97 Å². The fourth-order valence-electron chi connectivity index (χ4n) is 0.890. The van der Waals surface area contributed by atoms with E-state index in [4.69, 9.17) is 0 Å². The molecule has 0 aliphatic rings. The van der Waals surface area contributed by atoms with Crippen molar-refractivity contribution in [2.24, 2.45) is 0 Å². The van der Waals surface area contributed by atoms with Gasteiger partial charge in [0.1, 0.15) is 0 Å². The molecule has 3 heteroatoms. The maximum atomic E-state index is 10.9. The van der Waals surface area contributed by atoms with Gasteiger partial charge in [-0.1, -0.05) is 18.9 Å². The van der Waals surface area contributed by atoms with Gasteiger partial charge < -0.3 is 10.9 Å². The topological polar surface area (TPSA) is 61.3 Å². The Hall–Kier alpha value is -0.830. The van der Waals surface area contributed by atoms with Crippen LogP contribution in [0, 0.1) is 0 Å². The first-order chi connectivity index (χ1) is 5.13. The SMILES string of the molecule is CCCC(C)=C(C)C(=O)OC.N. The third kappa shape index (κ3) is 4.13. The maximum absolute atomic E-state index is 10.9. The van der Waals surface area contributed by atoms with Crippen LogP contribution in [0.3, 0.4) is 0 Å². The second-order valence-electron chi connectivity index (χ2n) is 2.65. The van der Waals surface area contributed by atoms with Crippen LogP contribution in [0.2, 0.25) is 0 Å². The van der Waals surface area contributed by atoms with Crippen molar-refractivity contribution < 1.29 is 9.53 Å². The Kier molecular flexibility index (Phi) is 7.85. The number of allylic oxidation sites excluding steroid dienone is 1. The van der Waals surface area contributed by atoms with Crippen LogP contribution < -0.4 is 6.15 Å². The van der Waals surface area contributed by atoms with Gasteiger partial charge in [-0.25, -0.2) is 4.79 Å². The number of carbonyl (C=O) groups excluding carboxylic acids is 1. The van der Waals surface area contributed by atoms with Gasteiger partial charge in [0, 0.05) is 5.57 Å². The van der Waals surface area contributed by atoms with Crippen molar-refractivity contribution in [3.8, 4) is 0 Å². The zero-order chi connectivity index (χ0) is 8.85. The number of methoxy groups -OCH3 is 1. The molecule has 0 bridgehead atoms. The number of rotatable bonds is 3. The number of esters is 1. The van der Waals surface area contributed by atoms with Crippen LogP contribution in [0.5, 0.6) is 0 Å². The molecule has 0 rings (SSSR count). The minimum atomic E-state index is -0.212. The predicted molar refractivity (Wildman–Crippen MR) is 50.3 cm³/mol. The van der Waals surface area contributed by atoms with Crippen molar-refractivity contribution in [1.82, 2.24) is 6.15 Å². The van der Waals surface area contributed by atoms with E-state index in [1.54, 1.807) is 6.92 Å². The summed E-state index contributed by atoms with van der Waals surface area (Å²) in [6.07, 6.45) is 2.04. The molecule has 3 nitrogen and oxygen atoms in total. The third-order valence-electron chi connectivity index (χ3n) is 1.76. The number of carbonyl (C=O) groups is 1. The van der Waals surface area contributed by atoms with E-state index in [2.05, 4.69) is 11.7 Å². The van der Waals surface area contributed by atoms with Crippen LogP contribution in [0.25, 0.3) is 0 Å². The molecule has 12 heavy (non-hydrogen) atoms. The highest BCUT2D eigenvalue weighted by atomic mass is 16.5. The first-order valence-electron chi connectivity index (χ1n) is 3.88. The van der Waals surface area contributed by atoms with E-state index in [0.29, 0.717) is 0 Å². The summed E-state index contributed by atoms with van der Waals surface area (Å²) in [5.41, 5.74) is 1.87. The molecule has 3 N–H and O–H groups in total. The first kappa shape index (κ1) is 13.7. The van der Waals surface area contributed by atoms with Crippen LogP contribution in [-0.2, 0) is 9.53 Å². The van der Waals surface area contributed by atoms with Gasteiger partial charge >= 0.3 is 5.97 Å². The summed E-state index contributed by atoms with van der Waals surface area (Å²) in [5.74, 6) is -0.212. The minimum absolute atomic E-state index is 0. The Balaban J connectivity index is 0. The summed E-state index contributed by atoms with van der Waals surface area (Å²) in [4.78, 5) is 10.9. The fraction of sp³-hybridized carbons (Fsp3) is 0.667. The Labute approximate surface area is 74.4 Å². The summed E-state index contributed by atoms with van der Waals surface area (Å²) in [7, 11) is 1.41. The summed E-state index contributed by atoms with van der Waals surface area (Å²) in [6.45, 7) is 5.86. The van der Waals surface area contributed by atoms with Crippen molar-refractivity contribution in [3.63, 3.8) is 0 Å². The van der Waals surface area contributed by atoms with Crippen LogP contribution in [0.15, 0.2) is 11.1 Å². The molecule has 0 atom stereocenters. The second-order valence-corrected chi connectivity index (χ2v) is 2.65. The maximum Gasteiger partial charge on any atom is 0.333 e. The lowest BCUT2D eigenvalue weighted by Crippen LogP contribution is -2.03. The Morgan fingerprint density at radius 2 is 1.83 bits per heavy atom. The average Bonchev–Trinajstić information content (AvgIpc) is 2.02. The quantitative estimate of drug-likeness (QED) is 0.526. The molecule has 0 saturated heterocycles. The molecule has 0 heterocycles. The van der Waals surface area contributed by atoms with E-state index in [1.807, 2.05) is 6.92 Å². The van der Waals surface area contributed by atoms with Crippen molar-refractivity contribution in [2.75, 3.05) is 7.11 Å². The second kappa shape index (κ2) is 6.85. The van der Waals surface area contributed by atoms with E-state index < -0.39 is 0 Å². The monoisotopic (exact) mass is 173 g/mol. The summed E-state index contributed by atoms with van der Waals surface area (Å²) >= 11 is 0. The molecular formula is C9H19NO2. The van der Waals surface area contributed by atoms with Crippen molar-refractivity contribution in [2.45, 2.75) is 33.6 Å². The summed E-state index contributed by atoms with van der Waals surface area (Å²) in [6, 6.07) is 0. The third-order valence-corrected chi connectivity index (χ3v) is 1.76. The molecule has 0 unspecified atom stereocenters. The average molecular weight is 173 g/mol. The van der Waals surface area contributed by atoms with Gasteiger partial charge in [-0.3, -0.25) is 0 Å². The Morgan fingerprint density at radius 3 is 2.17 bits per heavy atom. The van der Waals surface area contributed by atoms with Gasteiger partial charge in [0.2, 0.25) is 0 Å². The molecule has 0 aliphatic carbocycles. The number of hydrogen-bond acceptors (Lipinski definition) is 3. The van der Waals surface area contributed by atoms with Crippen molar-refractivity contribution in [3.05, 3.63) is 11.1 Å². The van der Waals surface area contributed by atoms with Crippen LogP contribution in [-0.4, -0.2) is 13.1 Å². The van der Waals surface area contributed by atoms with Crippen LogP contribution in [0.4, 0.5) is 0 Å². The van der Waals surface area contributed by atoms with E-state index >= 15 is 0 Å². The molecule has 0 fully saturated rings. The highest BCUT2D eigenvalue weighted by Crippen LogP contribution is 2.10. The summed E-state index contributed by atoms with van der Waals surface area (Å²) < 4.78 is 4.58. The molecule has 0 aromatic heterocycles. The number of hydrogen-bond donors (Lipinski definition) is 1. The zero-order valence-electron chi connectivity index (χ0n) is 8.44. The number of ether oxygens (including phenoxy) is 1. The smallest absolute Gasteiger partial charge is 0.333 e. The molecule has 0 amide bonds. The molecule has 0 radical (unpaired) electrons. The Bertz CT molecular complexity index is 173. The highest BCUT2D eigenvalue weighted by Gasteiger charge is 2.05. The van der Waals surface area contributed by atoms with Gasteiger partial charge in [-0.05, 0) is 20.3 Å². The van der Waals surface area contributed by atoms with Crippen molar-refractivity contribution in [1.29, 1.82) is 0 Å². The molecule has 0 spiro atoms. The minimum Gasteiger partial charge on any atom is -0.466 e. The lowest BCUT2D eigenvalue weighted by molar-refractivity contribution is -0.136. The molecule has 0 saturated carbocycles. The molecule has 0 aromatic rings. The summed E-state index contributed by atoms with van der Waals surface area (Å²) in [5, 5.41) is 0. The molecular weight excluding hydrogens is 154 g/mol. The normalized spacial score (nSPS) is 11.3. The molecule has 72 valence electrons. The van der Waals surface area contributed by atoms with Crippen LogP contribution in [0.1, 0.15) is 33.6 Å². The van der Waals surface area contributed by atoms with E-state index in [-0.39, 0.29) is 12.1 Å². The lowest BCUT2D eigenvalue weighted by atomic mass is 10.1. The van der Waals surface area contributed by atoms with Gasteiger partial charge in [0.05, 0.1) is 7.11 Å². The predicted octanol–water partition coefficient (Wildman–Crippen LogP) is 2.46. The Morgan fingerprint density at radius 1 is 1.33 bits per heavy atom. The van der Waals surface area contributed by atoms with E-state index in [0.717, 1.165) is 24.0 Å². The van der Waals surface area contributed by atoms with E-state index in [1.165, 1.54) is 7.11 Å². The highest BCUT2D eigenvalue weighted by molar-refractivity contribution is 5.88. The fourth-order valence-corrected chi connectivity index (χ4v) is 0.890. The largest absolute Gasteiger partial charge is 0.466 e. The zero-order valence-corrected chi connectivity index (χ0v) is 8.44. The van der Waals surface area contributed by atoms with Gasteiger partial charge in [0.25, 0.3) is 0 Å². The van der Waals surface area contributed by atoms with Gasteiger partial charge in [-0.15, -0.1) is 0 Å². The standard InChI is InChI=1S/C9H16O2.H3N/c1-5-6-7(2)8(3)9(10)11-4;/h5-6H2,1-4H3;1H3. The van der Waals surface area contributed by atoms with E-state index in [9.17, 15) is 4.79 Å². The molecule has 0 aromatic carbocycles. The van der Waals surface area contributed by atoms with Crippen LogP contribution >= 0.6 is 0 Å². The van der Waals surface area contributed by atoms with Gasteiger partial charge in [-0.2, -0.15) is 0 Å². The first-order valence-corrected chi connectivity index (χ1v) is 3.88. The molecule has 0 aliphatic heterocycles. The van der Waals surface area contributed by atoms with Gasteiger partial charge in [0.15, 0.2) is 0 Å².